The highest BCUT2D eigenvalue weighted by molar-refractivity contribution is 5.95. The number of carbonyl (C=O) groups excluding carboxylic acids is 2. The van der Waals surface area contributed by atoms with Crippen LogP contribution in [0.15, 0.2) is 18.2 Å². The van der Waals surface area contributed by atoms with E-state index in [-0.39, 0.29) is 18.5 Å². The predicted molar refractivity (Wildman–Crippen MR) is 97.4 cm³/mol. The van der Waals surface area contributed by atoms with Gasteiger partial charge in [0, 0.05) is 12.6 Å². The molecule has 3 amide bonds. The molecule has 1 atom stereocenters. The van der Waals surface area contributed by atoms with Crippen molar-refractivity contribution in [3.63, 3.8) is 0 Å². The van der Waals surface area contributed by atoms with Crippen molar-refractivity contribution < 1.29 is 19.1 Å². The lowest BCUT2D eigenvalue weighted by Crippen LogP contribution is -2.45. The minimum atomic E-state index is -0.432. The standard InChI is InChI=1S/C19H27N3O4/c1-13(2)11-20-19(24)21-18(23)12-22-7-3-4-15(22)14-5-6-16-17(10-14)26-9-8-25-16/h5-6,10,13,15H,3-4,7-9,11-12H2,1-2H3,(H2,20,21,23,24)/t15-/m0/s1. The summed E-state index contributed by atoms with van der Waals surface area (Å²) < 4.78 is 11.2. The molecule has 2 N–H and O–H groups in total. The van der Waals surface area contributed by atoms with E-state index in [9.17, 15) is 9.59 Å². The topological polar surface area (TPSA) is 79.9 Å². The second kappa shape index (κ2) is 8.40. The van der Waals surface area contributed by atoms with Gasteiger partial charge < -0.3 is 14.8 Å². The summed E-state index contributed by atoms with van der Waals surface area (Å²) >= 11 is 0. The zero-order valence-corrected chi connectivity index (χ0v) is 15.4. The lowest BCUT2D eigenvalue weighted by molar-refractivity contribution is -0.121. The summed E-state index contributed by atoms with van der Waals surface area (Å²) in [5, 5.41) is 5.10. The van der Waals surface area contributed by atoms with Crippen LogP contribution in [0.2, 0.25) is 0 Å². The number of fused-ring (bicyclic) bond motifs is 1. The first kappa shape index (κ1) is 18.5. The normalized spacial score (nSPS) is 19.4. The molecule has 0 aromatic heterocycles. The number of imide groups is 1. The molecule has 0 radical (unpaired) electrons. The molecule has 1 fully saturated rings. The molecule has 142 valence electrons. The molecule has 7 nitrogen and oxygen atoms in total. The van der Waals surface area contributed by atoms with Gasteiger partial charge in [0.15, 0.2) is 11.5 Å². The number of amides is 3. The van der Waals surface area contributed by atoms with E-state index < -0.39 is 6.03 Å². The third-order valence-corrected chi connectivity index (χ3v) is 4.59. The van der Waals surface area contributed by atoms with Gasteiger partial charge in [0.05, 0.1) is 6.54 Å². The Morgan fingerprint density at radius 1 is 1.23 bits per heavy atom. The van der Waals surface area contributed by atoms with Gasteiger partial charge in [0.2, 0.25) is 5.91 Å². The number of hydrogen-bond acceptors (Lipinski definition) is 5. The van der Waals surface area contributed by atoms with E-state index in [0.29, 0.717) is 25.7 Å². The first-order chi connectivity index (χ1) is 12.5. The molecule has 26 heavy (non-hydrogen) atoms. The lowest BCUT2D eigenvalue weighted by atomic mass is 10.0. The molecule has 0 aliphatic carbocycles. The summed E-state index contributed by atoms with van der Waals surface area (Å²) in [5.41, 5.74) is 1.11. The van der Waals surface area contributed by atoms with E-state index in [0.717, 1.165) is 36.4 Å². The number of hydrogen-bond donors (Lipinski definition) is 2. The zero-order valence-electron chi connectivity index (χ0n) is 15.4. The predicted octanol–water partition coefficient (Wildman–Crippen LogP) is 2.08. The van der Waals surface area contributed by atoms with Crippen molar-refractivity contribution in [2.24, 2.45) is 5.92 Å². The number of urea groups is 1. The van der Waals surface area contributed by atoms with Gasteiger partial charge in [-0.15, -0.1) is 0 Å². The van der Waals surface area contributed by atoms with E-state index >= 15 is 0 Å². The molecule has 1 saturated heterocycles. The Bertz CT molecular complexity index is 662. The molecule has 2 heterocycles. The van der Waals surface area contributed by atoms with E-state index in [4.69, 9.17) is 9.47 Å². The molecule has 0 bridgehead atoms. The summed E-state index contributed by atoms with van der Waals surface area (Å²) in [6, 6.07) is 5.68. The second-order valence-corrected chi connectivity index (χ2v) is 7.18. The summed E-state index contributed by atoms with van der Waals surface area (Å²) in [4.78, 5) is 26.1. The van der Waals surface area contributed by atoms with E-state index in [2.05, 4.69) is 15.5 Å². The smallest absolute Gasteiger partial charge is 0.321 e. The Morgan fingerprint density at radius 2 is 2.00 bits per heavy atom. The molecule has 1 aromatic rings. The fraction of sp³-hybridized carbons (Fsp3) is 0.579. The highest BCUT2D eigenvalue weighted by Crippen LogP contribution is 2.37. The maximum atomic E-state index is 12.2. The molecular formula is C19H27N3O4. The average Bonchev–Trinajstić information content (AvgIpc) is 3.07. The summed E-state index contributed by atoms with van der Waals surface area (Å²) in [5.74, 6) is 1.59. The first-order valence-electron chi connectivity index (χ1n) is 9.24. The van der Waals surface area contributed by atoms with Crippen LogP contribution in [0.3, 0.4) is 0 Å². The van der Waals surface area contributed by atoms with Crippen molar-refractivity contribution in [2.75, 3.05) is 32.8 Å². The number of ether oxygens (including phenoxy) is 2. The van der Waals surface area contributed by atoms with Gasteiger partial charge in [-0.3, -0.25) is 15.0 Å². The third kappa shape index (κ3) is 4.66. The second-order valence-electron chi connectivity index (χ2n) is 7.18. The maximum absolute atomic E-state index is 12.2. The number of carbonyl (C=O) groups is 2. The van der Waals surface area contributed by atoms with E-state index in [1.54, 1.807) is 0 Å². The summed E-state index contributed by atoms with van der Waals surface area (Å²) in [7, 11) is 0. The van der Waals surface area contributed by atoms with Gasteiger partial charge in [0.25, 0.3) is 0 Å². The Labute approximate surface area is 154 Å². The molecule has 0 unspecified atom stereocenters. The van der Waals surface area contributed by atoms with Crippen LogP contribution in [0.5, 0.6) is 11.5 Å². The lowest BCUT2D eigenvalue weighted by Gasteiger charge is -2.26. The number of nitrogens with zero attached hydrogens (tertiary/aromatic N) is 1. The Kier molecular flexibility index (Phi) is 5.98. The molecule has 2 aliphatic rings. The van der Waals surface area contributed by atoms with Crippen LogP contribution in [0.4, 0.5) is 4.79 Å². The van der Waals surface area contributed by atoms with Crippen LogP contribution in [0.25, 0.3) is 0 Å². The maximum Gasteiger partial charge on any atom is 0.321 e. The SMILES string of the molecule is CC(C)CNC(=O)NC(=O)CN1CCC[C@H]1c1ccc2c(c1)OCCO2. The number of nitrogens with one attached hydrogen (secondary N) is 2. The minimum Gasteiger partial charge on any atom is -0.486 e. The van der Waals surface area contributed by atoms with Crippen LogP contribution in [0, 0.1) is 5.92 Å². The monoisotopic (exact) mass is 361 g/mol. The zero-order chi connectivity index (χ0) is 18.5. The van der Waals surface area contributed by atoms with Crippen LogP contribution in [0.1, 0.15) is 38.3 Å². The molecule has 0 saturated carbocycles. The largest absolute Gasteiger partial charge is 0.486 e. The number of benzene rings is 1. The highest BCUT2D eigenvalue weighted by atomic mass is 16.6. The minimum absolute atomic E-state index is 0.148. The molecule has 7 heteroatoms. The fourth-order valence-electron chi connectivity index (χ4n) is 3.35. The quantitative estimate of drug-likeness (QED) is 0.839. The van der Waals surface area contributed by atoms with Gasteiger partial charge in [-0.2, -0.15) is 0 Å². The molecule has 0 spiro atoms. The van der Waals surface area contributed by atoms with Gasteiger partial charge in [-0.25, -0.2) is 4.79 Å². The van der Waals surface area contributed by atoms with Crippen molar-refractivity contribution in [3.8, 4) is 11.5 Å². The van der Waals surface area contributed by atoms with Crippen molar-refractivity contribution >= 4 is 11.9 Å². The van der Waals surface area contributed by atoms with Crippen LogP contribution in [-0.2, 0) is 4.79 Å². The van der Waals surface area contributed by atoms with Gasteiger partial charge >= 0.3 is 6.03 Å². The Hall–Kier alpha value is -2.28. The van der Waals surface area contributed by atoms with Crippen molar-refractivity contribution in [1.29, 1.82) is 0 Å². The molecule has 3 rings (SSSR count). The van der Waals surface area contributed by atoms with Gasteiger partial charge in [0.1, 0.15) is 13.2 Å². The Morgan fingerprint density at radius 3 is 2.77 bits per heavy atom. The van der Waals surface area contributed by atoms with Crippen molar-refractivity contribution in [1.82, 2.24) is 15.5 Å². The molecule has 2 aliphatic heterocycles. The number of rotatable bonds is 5. The number of likely N-dealkylation sites (tertiary alicyclic amines) is 1. The van der Waals surface area contributed by atoms with Gasteiger partial charge in [-0.1, -0.05) is 19.9 Å². The van der Waals surface area contributed by atoms with Crippen molar-refractivity contribution in [3.05, 3.63) is 23.8 Å². The molecular weight excluding hydrogens is 334 g/mol. The highest BCUT2D eigenvalue weighted by Gasteiger charge is 2.29. The van der Waals surface area contributed by atoms with E-state index in [1.807, 2.05) is 32.0 Å². The van der Waals surface area contributed by atoms with Crippen molar-refractivity contribution in [2.45, 2.75) is 32.7 Å². The fourth-order valence-corrected chi connectivity index (χ4v) is 3.35. The van der Waals surface area contributed by atoms with Crippen LogP contribution < -0.4 is 20.1 Å². The molecule has 1 aromatic carbocycles. The van der Waals surface area contributed by atoms with Crippen LogP contribution in [-0.4, -0.2) is 49.7 Å². The first-order valence-corrected chi connectivity index (χ1v) is 9.24. The third-order valence-electron chi connectivity index (χ3n) is 4.59. The van der Waals surface area contributed by atoms with Crippen LogP contribution >= 0.6 is 0 Å². The summed E-state index contributed by atoms with van der Waals surface area (Å²) in [6.07, 6.45) is 2.00. The van der Waals surface area contributed by atoms with Gasteiger partial charge in [-0.05, 0) is 43.0 Å². The Balaban J connectivity index is 1.58. The summed E-state index contributed by atoms with van der Waals surface area (Å²) in [6.45, 7) is 6.71. The van der Waals surface area contributed by atoms with E-state index in [1.165, 1.54) is 0 Å². The average molecular weight is 361 g/mol.